The molecule has 1 heteroatoms. The third-order valence-corrected chi connectivity index (χ3v) is 4.54. The number of benzene rings is 2. The summed E-state index contributed by atoms with van der Waals surface area (Å²) in [5.74, 6) is 0.649. The molecule has 1 nitrogen and oxygen atoms in total. The molecule has 2 aromatic carbocycles. The van der Waals surface area contributed by atoms with Crippen LogP contribution in [0.15, 0.2) is 48.5 Å². The molecule has 1 aliphatic carbocycles. The first-order valence-electron chi connectivity index (χ1n) is 7.65. The zero-order valence-corrected chi connectivity index (χ0v) is 12.0. The van der Waals surface area contributed by atoms with E-state index in [2.05, 4.69) is 49.4 Å². The molecule has 1 unspecified atom stereocenters. The highest BCUT2D eigenvalue weighted by molar-refractivity contribution is 5.39. The Balaban J connectivity index is 1.90. The highest BCUT2D eigenvalue weighted by Gasteiger charge is 2.24. The maximum atomic E-state index is 10.7. The Morgan fingerprint density at radius 1 is 1.05 bits per heavy atom. The van der Waals surface area contributed by atoms with Gasteiger partial charge < -0.3 is 5.11 Å². The van der Waals surface area contributed by atoms with E-state index in [1.807, 2.05) is 6.07 Å². The van der Waals surface area contributed by atoms with Gasteiger partial charge in [0.2, 0.25) is 0 Å². The molecule has 0 amide bonds. The minimum atomic E-state index is -0.502. The molecule has 0 bridgehead atoms. The Morgan fingerprint density at radius 3 is 2.35 bits per heavy atom. The van der Waals surface area contributed by atoms with E-state index in [4.69, 9.17) is 0 Å². The first-order valence-corrected chi connectivity index (χ1v) is 7.65. The first kappa shape index (κ1) is 13.4. The van der Waals surface area contributed by atoms with Crippen LogP contribution in [0.3, 0.4) is 0 Å². The van der Waals surface area contributed by atoms with E-state index in [1.165, 1.54) is 30.4 Å². The molecule has 20 heavy (non-hydrogen) atoms. The third-order valence-electron chi connectivity index (χ3n) is 4.54. The fourth-order valence-corrected chi connectivity index (χ4v) is 2.97. The lowest BCUT2D eigenvalue weighted by Crippen LogP contribution is -2.13. The molecule has 1 saturated carbocycles. The van der Waals surface area contributed by atoms with E-state index < -0.39 is 6.10 Å². The van der Waals surface area contributed by atoms with Gasteiger partial charge in [-0.15, -0.1) is 0 Å². The summed E-state index contributed by atoms with van der Waals surface area (Å²) >= 11 is 0. The van der Waals surface area contributed by atoms with Gasteiger partial charge in [0, 0.05) is 0 Å². The van der Waals surface area contributed by atoms with Crippen molar-refractivity contribution in [2.24, 2.45) is 0 Å². The minimum Gasteiger partial charge on any atom is -0.384 e. The number of aliphatic hydroxyl groups excluding tert-OH is 1. The third kappa shape index (κ3) is 2.51. The van der Waals surface area contributed by atoms with Crippen LogP contribution in [0.5, 0.6) is 0 Å². The Labute approximate surface area is 121 Å². The van der Waals surface area contributed by atoms with Crippen LogP contribution in [0.4, 0.5) is 0 Å². The second kappa shape index (κ2) is 5.80. The molecule has 0 spiro atoms. The van der Waals surface area contributed by atoms with Crippen LogP contribution in [-0.2, 0) is 6.42 Å². The fraction of sp³-hybridized carbons (Fsp3) is 0.368. The van der Waals surface area contributed by atoms with E-state index in [0.29, 0.717) is 5.92 Å². The van der Waals surface area contributed by atoms with Crippen molar-refractivity contribution in [2.45, 2.75) is 44.6 Å². The molecular formula is C19H22O. The molecule has 0 radical (unpaired) electrons. The monoisotopic (exact) mass is 266 g/mol. The van der Waals surface area contributed by atoms with Gasteiger partial charge in [-0.25, -0.2) is 0 Å². The molecule has 1 fully saturated rings. The predicted molar refractivity (Wildman–Crippen MR) is 82.9 cm³/mol. The van der Waals surface area contributed by atoms with Gasteiger partial charge in [-0.1, -0.05) is 61.9 Å². The van der Waals surface area contributed by atoms with Crippen molar-refractivity contribution in [3.8, 4) is 0 Å². The van der Waals surface area contributed by atoms with Crippen molar-refractivity contribution in [3.63, 3.8) is 0 Å². The summed E-state index contributed by atoms with van der Waals surface area (Å²) in [6.45, 7) is 2.15. The number of hydrogen-bond donors (Lipinski definition) is 1. The quantitative estimate of drug-likeness (QED) is 0.857. The number of aryl methyl sites for hydroxylation is 1. The van der Waals surface area contributed by atoms with Crippen LogP contribution in [0, 0.1) is 0 Å². The van der Waals surface area contributed by atoms with Gasteiger partial charge in [0.05, 0.1) is 0 Å². The smallest absolute Gasteiger partial charge is 0.104 e. The van der Waals surface area contributed by atoms with Gasteiger partial charge in [0.1, 0.15) is 6.10 Å². The summed E-state index contributed by atoms with van der Waals surface area (Å²) in [5, 5.41) is 10.7. The van der Waals surface area contributed by atoms with Gasteiger partial charge in [-0.3, -0.25) is 0 Å². The molecule has 0 heterocycles. The van der Waals surface area contributed by atoms with Crippen LogP contribution >= 0.6 is 0 Å². The molecule has 0 saturated heterocycles. The fourth-order valence-electron chi connectivity index (χ4n) is 2.97. The van der Waals surface area contributed by atoms with Crippen LogP contribution < -0.4 is 0 Å². The predicted octanol–water partition coefficient (Wildman–Crippen LogP) is 4.60. The SMILES string of the molecule is CCc1ccc(C(O)c2ccccc2C2CCC2)cc1. The molecule has 0 aliphatic heterocycles. The van der Waals surface area contributed by atoms with Crippen LogP contribution in [0.25, 0.3) is 0 Å². The lowest BCUT2D eigenvalue weighted by molar-refractivity contribution is 0.217. The van der Waals surface area contributed by atoms with Crippen molar-refractivity contribution >= 4 is 0 Å². The van der Waals surface area contributed by atoms with Crippen molar-refractivity contribution in [2.75, 3.05) is 0 Å². The van der Waals surface area contributed by atoms with Crippen LogP contribution in [-0.4, -0.2) is 5.11 Å². The molecule has 2 aromatic rings. The Kier molecular flexibility index (Phi) is 3.88. The largest absolute Gasteiger partial charge is 0.384 e. The standard InChI is InChI=1S/C19H22O/c1-2-14-10-12-16(13-11-14)19(20)18-9-4-3-8-17(18)15-6-5-7-15/h3-4,8-13,15,19-20H,2,5-7H2,1H3. The average molecular weight is 266 g/mol. The van der Waals surface area contributed by atoms with Crippen molar-refractivity contribution in [3.05, 3.63) is 70.8 Å². The highest BCUT2D eigenvalue weighted by Crippen LogP contribution is 2.40. The molecule has 0 aromatic heterocycles. The number of hydrogen-bond acceptors (Lipinski definition) is 1. The zero-order chi connectivity index (χ0) is 13.9. The van der Waals surface area contributed by atoms with Crippen LogP contribution in [0.2, 0.25) is 0 Å². The summed E-state index contributed by atoms with van der Waals surface area (Å²) in [4.78, 5) is 0. The van der Waals surface area contributed by atoms with Crippen molar-refractivity contribution in [1.29, 1.82) is 0 Å². The summed E-state index contributed by atoms with van der Waals surface area (Å²) in [6, 6.07) is 16.7. The second-order valence-corrected chi connectivity index (χ2v) is 5.75. The van der Waals surface area contributed by atoms with Crippen LogP contribution in [0.1, 0.15) is 60.5 Å². The lowest BCUT2D eigenvalue weighted by Gasteiger charge is -2.29. The summed E-state index contributed by atoms with van der Waals surface area (Å²) in [6.07, 6.45) is 4.38. The Morgan fingerprint density at radius 2 is 1.75 bits per heavy atom. The topological polar surface area (TPSA) is 20.2 Å². The maximum Gasteiger partial charge on any atom is 0.104 e. The number of rotatable bonds is 4. The molecule has 1 N–H and O–H groups in total. The zero-order valence-electron chi connectivity index (χ0n) is 12.0. The molecule has 3 rings (SSSR count). The summed E-state index contributed by atoms with van der Waals surface area (Å²) < 4.78 is 0. The molecule has 104 valence electrons. The summed E-state index contributed by atoms with van der Waals surface area (Å²) in [7, 11) is 0. The van der Waals surface area contributed by atoms with Gasteiger partial charge >= 0.3 is 0 Å². The minimum absolute atomic E-state index is 0.502. The summed E-state index contributed by atoms with van der Waals surface area (Å²) in [5.41, 5.74) is 4.73. The van der Waals surface area contributed by atoms with E-state index in [1.54, 1.807) is 0 Å². The average Bonchev–Trinajstić information content (AvgIpc) is 2.45. The van der Waals surface area contributed by atoms with E-state index in [9.17, 15) is 5.11 Å². The van der Waals surface area contributed by atoms with Crippen molar-refractivity contribution in [1.82, 2.24) is 0 Å². The van der Waals surface area contributed by atoms with Gasteiger partial charge in [-0.2, -0.15) is 0 Å². The second-order valence-electron chi connectivity index (χ2n) is 5.75. The lowest BCUT2D eigenvalue weighted by atomic mass is 9.77. The van der Waals surface area contributed by atoms with Gasteiger partial charge in [-0.05, 0) is 47.4 Å². The Bertz CT molecular complexity index is 567. The number of aliphatic hydroxyl groups is 1. The van der Waals surface area contributed by atoms with Crippen molar-refractivity contribution < 1.29 is 5.11 Å². The first-order chi connectivity index (χ1) is 9.79. The molecule has 1 atom stereocenters. The van der Waals surface area contributed by atoms with Gasteiger partial charge in [0.25, 0.3) is 0 Å². The van der Waals surface area contributed by atoms with Gasteiger partial charge in [0.15, 0.2) is 0 Å². The van der Waals surface area contributed by atoms with E-state index in [0.717, 1.165) is 17.5 Å². The Hall–Kier alpha value is -1.60. The maximum absolute atomic E-state index is 10.7. The highest BCUT2D eigenvalue weighted by atomic mass is 16.3. The van der Waals surface area contributed by atoms with E-state index >= 15 is 0 Å². The molecule has 1 aliphatic rings. The molecular weight excluding hydrogens is 244 g/mol. The van der Waals surface area contributed by atoms with E-state index in [-0.39, 0.29) is 0 Å². The normalized spacial score (nSPS) is 16.7.